The van der Waals surface area contributed by atoms with E-state index in [1.807, 2.05) is 13.0 Å². The maximum absolute atomic E-state index is 10.9. The van der Waals surface area contributed by atoms with Crippen LogP contribution in [0.2, 0.25) is 0 Å². The van der Waals surface area contributed by atoms with E-state index in [1.54, 1.807) is 17.0 Å². The summed E-state index contributed by atoms with van der Waals surface area (Å²) in [6.45, 7) is 1.88. The predicted octanol–water partition coefficient (Wildman–Crippen LogP) is 0.450. The Morgan fingerprint density at radius 2 is 2.38 bits per heavy atom. The number of pyridine rings is 1. The molecule has 0 spiro atoms. The highest BCUT2D eigenvalue weighted by Gasteiger charge is 2.15. The number of aromatic nitrogens is 3. The number of carbonyl (C=O) groups is 1. The lowest BCUT2D eigenvalue weighted by Crippen LogP contribution is -2.18. The predicted molar refractivity (Wildman–Crippen MR) is 60.5 cm³/mol. The van der Waals surface area contributed by atoms with E-state index in [0.29, 0.717) is 5.95 Å². The van der Waals surface area contributed by atoms with E-state index >= 15 is 0 Å². The summed E-state index contributed by atoms with van der Waals surface area (Å²) < 4.78 is 1.79. The fraction of sp³-hybridized carbons (Fsp3) is 0.300. The molecule has 1 unspecified atom stereocenters. The Bertz CT molecular complexity index is 533. The van der Waals surface area contributed by atoms with Gasteiger partial charge < -0.3 is 16.0 Å². The van der Waals surface area contributed by atoms with Crippen LogP contribution in [0.5, 0.6) is 0 Å². The molecule has 84 valence electrons. The molecule has 0 aliphatic heterocycles. The van der Waals surface area contributed by atoms with Crippen LogP contribution in [0.1, 0.15) is 19.4 Å². The lowest BCUT2D eigenvalue weighted by molar-refractivity contribution is -0.118. The third kappa shape index (κ3) is 1.69. The van der Waals surface area contributed by atoms with Gasteiger partial charge in [0, 0.05) is 18.7 Å². The van der Waals surface area contributed by atoms with Crippen molar-refractivity contribution in [1.29, 1.82) is 0 Å². The monoisotopic (exact) mass is 219 g/mol. The summed E-state index contributed by atoms with van der Waals surface area (Å²) in [5, 5.41) is 0. The normalized spacial score (nSPS) is 12.8. The number of amides is 1. The molecule has 0 radical (unpaired) electrons. The number of hydrogen-bond acceptors (Lipinski definition) is 4. The molecule has 6 heteroatoms. The maximum Gasteiger partial charge on any atom is 0.219 e. The van der Waals surface area contributed by atoms with Crippen LogP contribution < -0.4 is 11.5 Å². The van der Waals surface area contributed by atoms with E-state index in [9.17, 15) is 4.79 Å². The number of fused-ring (bicyclic) bond motifs is 1. The molecule has 6 nitrogen and oxygen atoms in total. The molecule has 1 atom stereocenters. The van der Waals surface area contributed by atoms with Crippen LogP contribution in [0.25, 0.3) is 11.0 Å². The lowest BCUT2D eigenvalue weighted by atomic mass is 10.2. The molecular formula is C10H13N5O. The highest BCUT2D eigenvalue weighted by atomic mass is 16.1. The van der Waals surface area contributed by atoms with Crippen LogP contribution in [0.15, 0.2) is 18.5 Å². The molecule has 2 heterocycles. The van der Waals surface area contributed by atoms with Crippen molar-refractivity contribution in [3.8, 4) is 0 Å². The van der Waals surface area contributed by atoms with Gasteiger partial charge in [-0.15, -0.1) is 0 Å². The molecule has 16 heavy (non-hydrogen) atoms. The fourth-order valence-electron chi connectivity index (χ4n) is 1.82. The van der Waals surface area contributed by atoms with E-state index < -0.39 is 0 Å². The standard InChI is InChI=1S/C10H13N5O/c1-6(4-9(11)16)15-8-2-3-13-5-7(8)14-10(15)12/h2-3,5-6H,4H2,1H3,(H2,11,16)(H2,12,14). The Labute approximate surface area is 92.3 Å². The van der Waals surface area contributed by atoms with E-state index in [0.717, 1.165) is 11.0 Å². The van der Waals surface area contributed by atoms with Crippen LogP contribution >= 0.6 is 0 Å². The van der Waals surface area contributed by atoms with Crippen molar-refractivity contribution in [2.24, 2.45) is 5.73 Å². The van der Waals surface area contributed by atoms with Gasteiger partial charge in [0.2, 0.25) is 11.9 Å². The maximum atomic E-state index is 10.9. The molecule has 0 saturated carbocycles. The summed E-state index contributed by atoms with van der Waals surface area (Å²) in [4.78, 5) is 19.0. The second-order valence-corrected chi connectivity index (χ2v) is 3.72. The van der Waals surface area contributed by atoms with E-state index in [1.165, 1.54) is 0 Å². The summed E-state index contributed by atoms with van der Waals surface area (Å²) >= 11 is 0. The average molecular weight is 219 g/mol. The highest BCUT2D eigenvalue weighted by Crippen LogP contribution is 2.23. The third-order valence-electron chi connectivity index (χ3n) is 2.46. The molecule has 0 saturated heterocycles. The van der Waals surface area contributed by atoms with Crippen LogP contribution in [-0.4, -0.2) is 20.4 Å². The summed E-state index contributed by atoms with van der Waals surface area (Å²) in [7, 11) is 0. The molecule has 0 bridgehead atoms. The van der Waals surface area contributed by atoms with Gasteiger partial charge in [0.25, 0.3) is 0 Å². The number of rotatable bonds is 3. The number of primary amides is 1. The van der Waals surface area contributed by atoms with Gasteiger partial charge in [-0.25, -0.2) is 4.98 Å². The molecule has 0 aliphatic rings. The van der Waals surface area contributed by atoms with Crippen molar-refractivity contribution < 1.29 is 4.79 Å². The molecular weight excluding hydrogens is 206 g/mol. The summed E-state index contributed by atoms with van der Waals surface area (Å²) in [5.41, 5.74) is 12.6. The smallest absolute Gasteiger partial charge is 0.219 e. The van der Waals surface area contributed by atoms with Crippen molar-refractivity contribution in [2.75, 3.05) is 5.73 Å². The summed E-state index contributed by atoms with van der Waals surface area (Å²) in [5.74, 6) is 0.0135. The largest absolute Gasteiger partial charge is 0.370 e. The topological polar surface area (TPSA) is 99.8 Å². The van der Waals surface area contributed by atoms with Gasteiger partial charge in [-0.1, -0.05) is 0 Å². The van der Waals surface area contributed by atoms with Crippen molar-refractivity contribution in [3.63, 3.8) is 0 Å². The van der Waals surface area contributed by atoms with Crippen LogP contribution in [0.4, 0.5) is 5.95 Å². The lowest BCUT2D eigenvalue weighted by Gasteiger charge is -2.13. The zero-order chi connectivity index (χ0) is 11.7. The number of nitrogen functional groups attached to an aromatic ring is 1. The molecule has 2 aromatic heterocycles. The third-order valence-corrected chi connectivity index (χ3v) is 2.46. The van der Waals surface area contributed by atoms with E-state index in [2.05, 4.69) is 9.97 Å². The molecule has 0 fully saturated rings. The minimum absolute atomic E-state index is 0.107. The van der Waals surface area contributed by atoms with Gasteiger partial charge in [-0.3, -0.25) is 9.78 Å². The molecule has 2 rings (SSSR count). The minimum Gasteiger partial charge on any atom is -0.370 e. The van der Waals surface area contributed by atoms with Gasteiger partial charge >= 0.3 is 0 Å². The van der Waals surface area contributed by atoms with E-state index in [-0.39, 0.29) is 18.4 Å². The SMILES string of the molecule is CC(CC(N)=O)n1c(N)nc2cnccc21. The summed E-state index contributed by atoms with van der Waals surface area (Å²) in [6, 6.07) is 1.71. The molecule has 1 amide bonds. The van der Waals surface area contributed by atoms with Crippen LogP contribution in [0, 0.1) is 0 Å². The zero-order valence-electron chi connectivity index (χ0n) is 8.92. The Hall–Kier alpha value is -2.11. The van der Waals surface area contributed by atoms with Gasteiger partial charge in [0.1, 0.15) is 5.52 Å². The summed E-state index contributed by atoms with van der Waals surface area (Å²) in [6.07, 6.45) is 3.54. The second kappa shape index (κ2) is 3.80. The van der Waals surface area contributed by atoms with Crippen molar-refractivity contribution in [3.05, 3.63) is 18.5 Å². The Morgan fingerprint density at radius 3 is 3.06 bits per heavy atom. The van der Waals surface area contributed by atoms with Gasteiger partial charge in [-0.05, 0) is 13.0 Å². The first-order valence-corrected chi connectivity index (χ1v) is 4.95. The number of nitrogens with two attached hydrogens (primary N) is 2. The fourth-order valence-corrected chi connectivity index (χ4v) is 1.82. The average Bonchev–Trinajstić information content (AvgIpc) is 2.52. The number of hydrogen-bond donors (Lipinski definition) is 2. The van der Waals surface area contributed by atoms with E-state index in [4.69, 9.17) is 11.5 Å². The molecule has 2 aromatic rings. The Balaban J connectivity index is 2.50. The first-order valence-electron chi connectivity index (χ1n) is 4.95. The number of nitrogens with zero attached hydrogens (tertiary/aromatic N) is 3. The molecule has 0 aromatic carbocycles. The van der Waals surface area contributed by atoms with Gasteiger partial charge in [-0.2, -0.15) is 0 Å². The Kier molecular flexibility index (Phi) is 2.47. The highest BCUT2D eigenvalue weighted by molar-refractivity contribution is 5.78. The van der Waals surface area contributed by atoms with Crippen molar-refractivity contribution in [1.82, 2.24) is 14.5 Å². The number of imidazole rings is 1. The Morgan fingerprint density at radius 1 is 1.62 bits per heavy atom. The van der Waals surface area contributed by atoms with Crippen molar-refractivity contribution >= 4 is 22.9 Å². The van der Waals surface area contributed by atoms with Gasteiger partial charge in [0.15, 0.2) is 0 Å². The van der Waals surface area contributed by atoms with Crippen molar-refractivity contribution in [2.45, 2.75) is 19.4 Å². The second-order valence-electron chi connectivity index (χ2n) is 3.72. The van der Waals surface area contributed by atoms with Gasteiger partial charge in [0.05, 0.1) is 11.7 Å². The first-order chi connectivity index (χ1) is 7.59. The van der Waals surface area contributed by atoms with Crippen LogP contribution in [0.3, 0.4) is 0 Å². The number of anilines is 1. The number of carbonyl (C=O) groups excluding carboxylic acids is 1. The first kappa shape index (κ1) is 10.4. The quantitative estimate of drug-likeness (QED) is 0.782. The van der Waals surface area contributed by atoms with Crippen LogP contribution in [-0.2, 0) is 4.79 Å². The molecule has 0 aliphatic carbocycles. The molecule has 4 N–H and O–H groups in total. The zero-order valence-corrected chi connectivity index (χ0v) is 8.92. The minimum atomic E-state index is -0.359.